The van der Waals surface area contributed by atoms with E-state index in [0.29, 0.717) is 6.42 Å². The van der Waals surface area contributed by atoms with Gasteiger partial charge in [0.05, 0.1) is 10.4 Å². The number of fused-ring (bicyclic) bond motifs is 1. The summed E-state index contributed by atoms with van der Waals surface area (Å²) >= 11 is 9.06. The Morgan fingerprint density at radius 2 is 2.00 bits per heavy atom. The van der Waals surface area contributed by atoms with Crippen LogP contribution in [0.2, 0.25) is 4.34 Å². The fourth-order valence-electron chi connectivity index (χ4n) is 2.01. The van der Waals surface area contributed by atoms with Crippen molar-refractivity contribution in [1.82, 2.24) is 0 Å². The molecule has 1 N–H and O–H groups in total. The van der Waals surface area contributed by atoms with Crippen LogP contribution in [0.4, 0.5) is 0 Å². The predicted molar refractivity (Wildman–Crippen MR) is 79.8 cm³/mol. The van der Waals surface area contributed by atoms with Crippen LogP contribution in [-0.2, 0) is 6.42 Å². The highest BCUT2D eigenvalue weighted by molar-refractivity contribution is 7.17. The van der Waals surface area contributed by atoms with Gasteiger partial charge in [0.25, 0.3) is 0 Å². The van der Waals surface area contributed by atoms with Crippen LogP contribution in [-0.4, -0.2) is 5.11 Å². The first-order valence-corrected chi connectivity index (χ1v) is 7.70. The van der Waals surface area contributed by atoms with Gasteiger partial charge >= 0.3 is 0 Å². The van der Waals surface area contributed by atoms with Crippen LogP contribution in [0.1, 0.15) is 16.5 Å². The molecular formula is C14H11ClOS2. The molecule has 0 aliphatic rings. The van der Waals surface area contributed by atoms with Gasteiger partial charge in [-0.25, -0.2) is 0 Å². The third-order valence-corrected chi connectivity index (χ3v) is 5.24. The van der Waals surface area contributed by atoms with Crippen molar-refractivity contribution >= 4 is 44.4 Å². The van der Waals surface area contributed by atoms with Gasteiger partial charge in [-0.3, -0.25) is 0 Å². The van der Waals surface area contributed by atoms with E-state index >= 15 is 0 Å². The third-order valence-electron chi connectivity index (χ3n) is 2.90. The summed E-state index contributed by atoms with van der Waals surface area (Å²) in [4.78, 5) is 0.926. The summed E-state index contributed by atoms with van der Waals surface area (Å²) in [5.74, 6) is 0. The highest BCUT2D eigenvalue weighted by Gasteiger charge is 2.13. The average molecular weight is 295 g/mol. The lowest BCUT2D eigenvalue weighted by atomic mass is 10.1. The minimum Gasteiger partial charge on any atom is -0.387 e. The number of hydrogen-bond acceptors (Lipinski definition) is 3. The minimum absolute atomic E-state index is 0.472. The molecule has 2 aromatic heterocycles. The van der Waals surface area contributed by atoms with Crippen LogP contribution in [0.3, 0.4) is 0 Å². The van der Waals surface area contributed by atoms with Gasteiger partial charge in [-0.05, 0) is 34.5 Å². The van der Waals surface area contributed by atoms with Gasteiger partial charge in [0.2, 0.25) is 0 Å². The Morgan fingerprint density at radius 3 is 2.78 bits per heavy atom. The van der Waals surface area contributed by atoms with Gasteiger partial charge in [0.15, 0.2) is 0 Å². The summed E-state index contributed by atoms with van der Waals surface area (Å²) in [5.41, 5.74) is 1.20. The zero-order valence-electron chi connectivity index (χ0n) is 9.47. The number of aliphatic hydroxyl groups is 1. The molecule has 0 saturated carbocycles. The highest BCUT2D eigenvalue weighted by Crippen LogP contribution is 2.32. The average Bonchev–Trinajstić information content (AvgIpc) is 2.97. The van der Waals surface area contributed by atoms with E-state index in [2.05, 4.69) is 17.5 Å². The number of thiophene rings is 2. The van der Waals surface area contributed by atoms with Crippen LogP contribution in [0.5, 0.6) is 0 Å². The molecule has 0 saturated heterocycles. The first-order chi connectivity index (χ1) is 8.74. The van der Waals surface area contributed by atoms with Crippen molar-refractivity contribution in [2.75, 3.05) is 0 Å². The number of halogens is 1. The summed E-state index contributed by atoms with van der Waals surface area (Å²) < 4.78 is 1.99. The monoisotopic (exact) mass is 294 g/mol. The van der Waals surface area contributed by atoms with E-state index in [1.54, 1.807) is 11.3 Å². The first kappa shape index (κ1) is 12.2. The maximum absolute atomic E-state index is 10.2. The normalized spacial score (nSPS) is 13.0. The Balaban J connectivity index is 1.88. The zero-order valence-corrected chi connectivity index (χ0v) is 11.9. The van der Waals surface area contributed by atoms with Crippen molar-refractivity contribution in [3.8, 4) is 0 Å². The van der Waals surface area contributed by atoms with Crippen molar-refractivity contribution in [2.45, 2.75) is 12.5 Å². The molecule has 92 valence electrons. The molecule has 0 aliphatic carbocycles. The minimum atomic E-state index is -0.472. The van der Waals surface area contributed by atoms with Crippen molar-refractivity contribution in [3.05, 3.63) is 56.6 Å². The highest BCUT2D eigenvalue weighted by atomic mass is 35.5. The van der Waals surface area contributed by atoms with Crippen molar-refractivity contribution in [1.29, 1.82) is 0 Å². The van der Waals surface area contributed by atoms with E-state index in [4.69, 9.17) is 11.6 Å². The quantitative estimate of drug-likeness (QED) is 0.729. The Morgan fingerprint density at radius 1 is 1.17 bits per heavy atom. The molecule has 0 fully saturated rings. The molecule has 1 aromatic carbocycles. The third kappa shape index (κ3) is 2.31. The molecule has 1 nitrogen and oxygen atoms in total. The van der Waals surface area contributed by atoms with E-state index in [0.717, 1.165) is 9.21 Å². The van der Waals surface area contributed by atoms with Crippen molar-refractivity contribution in [2.24, 2.45) is 0 Å². The Bertz CT molecular complexity index is 671. The van der Waals surface area contributed by atoms with E-state index in [1.807, 2.05) is 24.3 Å². The van der Waals surface area contributed by atoms with E-state index < -0.39 is 6.10 Å². The van der Waals surface area contributed by atoms with Crippen molar-refractivity contribution < 1.29 is 5.11 Å². The smallest absolute Gasteiger partial charge is 0.0932 e. The van der Waals surface area contributed by atoms with Crippen LogP contribution >= 0.6 is 34.3 Å². The molecule has 1 atom stereocenters. The van der Waals surface area contributed by atoms with Gasteiger partial charge in [-0.15, -0.1) is 22.7 Å². The van der Waals surface area contributed by atoms with Crippen LogP contribution in [0.15, 0.2) is 41.8 Å². The number of aliphatic hydroxyl groups excluding tert-OH is 1. The first-order valence-electron chi connectivity index (χ1n) is 5.62. The van der Waals surface area contributed by atoms with Crippen LogP contribution in [0, 0.1) is 0 Å². The SMILES string of the molecule is OC(Cc1csc2ccccc12)c1ccc(Cl)s1. The summed E-state index contributed by atoms with van der Waals surface area (Å²) in [5, 5.41) is 13.6. The molecule has 0 aliphatic heterocycles. The lowest BCUT2D eigenvalue weighted by molar-refractivity contribution is 0.183. The zero-order chi connectivity index (χ0) is 12.5. The van der Waals surface area contributed by atoms with Crippen LogP contribution in [0.25, 0.3) is 10.1 Å². The van der Waals surface area contributed by atoms with E-state index in [9.17, 15) is 5.11 Å². The molecular weight excluding hydrogens is 284 g/mol. The molecule has 2 heterocycles. The second-order valence-corrected chi connectivity index (χ2v) is 6.78. The Hall–Kier alpha value is -0.870. The van der Waals surface area contributed by atoms with E-state index in [-0.39, 0.29) is 0 Å². The predicted octanol–water partition coefficient (Wildman–Crippen LogP) is 4.89. The summed E-state index contributed by atoms with van der Waals surface area (Å²) in [7, 11) is 0. The molecule has 3 aromatic rings. The number of rotatable bonds is 3. The summed E-state index contributed by atoms with van der Waals surface area (Å²) in [6, 6.07) is 12.0. The fraction of sp³-hybridized carbons (Fsp3) is 0.143. The lowest BCUT2D eigenvalue weighted by Gasteiger charge is -2.07. The van der Waals surface area contributed by atoms with Gasteiger partial charge in [0.1, 0.15) is 0 Å². The molecule has 4 heteroatoms. The second kappa shape index (κ2) is 5.02. The lowest BCUT2D eigenvalue weighted by Crippen LogP contribution is -1.98. The molecule has 3 rings (SSSR count). The Labute approximate surface area is 118 Å². The number of benzene rings is 1. The van der Waals surface area contributed by atoms with E-state index in [1.165, 1.54) is 27.0 Å². The van der Waals surface area contributed by atoms with Crippen molar-refractivity contribution in [3.63, 3.8) is 0 Å². The van der Waals surface area contributed by atoms with Gasteiger partial charge in [-0.2, -0.15) is 0 Å². The fourth-order valence-corrected chi connectivity index (χ4v) is 4.03. The summed E-state index contributed by atoms with van der Waals surface area (Å²) in [6.07, 6.45) is 0.168. The molecule has 0 amide bonds. The number of hydrogen-bond donors (Lipinski definition) is 1. The molecule has 0 spiro atoms. The van der Waals surface area contributed by atoms with Crippen LogP contribution < -0.4 is 0 Å². The van der Waals surface area contributed by atoms with Gasteiger partial charge in [-0.1, -0.05) is 29.8 Å². The van der Waals surface area contributed by atoms with Gasteiger partial charge < -0.3 is 5.11 Å². The molecule has 18 heavy (non-hydrogen) atoms. The maximum atomic E-state index is 10.2. The largest absolute Gasteiger partial charge is 0.387 e. The van der Waals surface area contributed by atoms with Gasteiger partial charge in [0, 0.05) is 16.0 Å². The second-order valence-electron chi connectivity index (χ2n) is 4.12. The molecule has 1 unspecified atom stereocenters. The standard InChI is InChI=1S/C14H11ClOS2/c15-14-6-5-13(18-14)11(16)7-9-8-17-12-4-2-1-3-10(9)12/h1-6,8,11,16H,7H2. The maximum Gasteiger partial charge on any atom is 0.0932 e. The molecule has 0 bridgehead atoms. The topological polar surface area (TPSA) is 20.2 Å². The Kier molecular flexibility index (Phi) is 3.39. The summed E-state index contributed by atoms with van der Waals surface area (Å²) in [6.45, 7) is 0. The molecule has 0 radical (unpaired) electrons.